The van der Waals surface area contributed by atoms with Crippen molar-refractivity contribution in [1.29, 1.82) is 0 Å². The molecule has 0 unspecified atom stereocenters. The van der Waals surface area contributed by atoms with Crippen molar-refractivity contribution in [2.45, 2.75) is 13.3 Å². The maximum Gasteiger partial charge on any atom is 0.337 e. The van der Waals surface area contributed by atoms with Crippen LogP contribution in [0.25, 0.3) is 0 Å². The molecule has 0 saturated heterocycles. The third kappa shape index (κ3) is 3.08. The Morgan fingerprint density at radius 1 is 1.35 bits per heavy atom. The van der Waals surface area contributed by atoms with Crippen LogP contribution in [0.4, 0.5) is 5.69 Å². The Hall–Kier alpha value is -1.66. The lowest BCUT2D eigenvalue weighted by atomic mass is 10.1. The first kappa shape index (κ1) is 14.7. The molecule has 0 radical (unpaired) electrons. The van der Waals surface area contributed by atoms with E-state index in [2.05, 4.69) is 21.2 Å². The summed E-state index contributed by atoms with van der Waals surface area (Å²) in [6, 6.07) is 6.57. The summed E-state index contributed by atoms with van der Waals surface area (Å²) in [7, 11) is 0. The van der Waals surface area contributed by atoms with Crippen LogP contribution in [0.5, 0.6) is 0 Å². The Kier molecular flexibility index (Phi) is 4.57. The van der Waals surface area contributed by atoms with Crippen LogP contribution < -0.4 is 5.32 Å². The number of carboxylic acids is 1. The molecule has 1 aromatic heterocycles. The van der Waals surface area contributed by atoms with Crippen molar-refractivity contribution in [2.24, 2.45) is 0 Å². The zero-order chi connectivity index (χ0) is 14.7. The number of hydrogen-bond donors (Lipinski definition) is 2. The molecule has 4 nitrogen and oxygen atoms in total. The molecule has 6 heteroatoms. The summed E-state index contributed by atoms with van der Waals surface area (Å²) < 4.78 is 0.708. The highest BCUT2D eigenvalue weighted by atomic mass is 79.9. The predicted molar refractivity (Wildman–Crippen MR) is 82.8 cm³/mol. The van der Waals surface area contributed by atoms with E-state index in [0.29, 0.717) is 9.35 Å². The Morgan fingerprint density at radius 3 is 2.75 bits per heavy atom. The summed E-state index contributed by atoms with van der Waals surface area (Å²) in [6.45, 7) is 1.97. The molecule has 0 bridgehead atoms. The quantitative estimate of drug-likeness (QED) is 0.871. The van der Waals surface area contributed by atoms with Gasteiger partial charge in [0.25, 0.3) is 5.91 Å². The van der Waals surface area contributed by atoms with Gasteiger partial charge in [-0.05, 0) is 41.6 Å². The largest absolute Gasteiger partial charge is 0.478 e. The number of amides is 1. The van der Waals surface area contributed by atoms with Gasteiger partial charge in [0, 0.05) is 4.47 Å². The zero-order valence-electron chi connectivity index (χ0n) is 10.6. The summed E-state index contributed by atoms with van der Waals surface area (Å²) in [4.78, 5) is 24.0. The van der Waals surface area contributed by atoms with E-state index in [0.717, 1.165) is 12.0 Å². The number of hydrogen-bond acceptors (Lipinski definition) is 3. The number of halogens is 1. The number of thiophene rings is 1. The second-order valence-corrected chi connectivity index (χ2v) is 5.91. The summed E-state index contributed by atoms with van der Waals surface area (Å²) in [5, 5.41) is 13.7. The van der Waals surface area contributed by atoms with E-state index in [-0.39, 0.29) is 17.2 Å². The Morgan fingerprint density at radius 2 is 2.10 bits per heavy atom. The normalized spacial score (nSPS) is 10.3. The van der Waals surface area contributed by atoms with E-state index >= 15 is 0 Å². The van der Waals surface area contributed by atoms with Crippen LogP contribution in [-0.4, -0.2) is 17.0 Å². The number of rotatable bonds is 4. The minimum absolute atomic E-state index is 0.0659. The van der Waals surface area contributed by atoms with Gasteiger partial charge in [0.2, 0.25) is 0 Å². The molecule has 0 atom stereocenters. The Labute approximate surface area is 128 Å². The first-order chi connectivity index (χ1) is 9.52. The molecule has 1 heterocycles. The standard InChI is InChI=1S/C14H12BrNO3S/c1-2-8-5-6-20-12(8)13(17)16-11-7-9(15)3-4-10(11)14(18)19/h3-7H,2H2,1H3,(H,16,17)(H,18,19). The minimum atomic E-state index is -1.07. The molecule has 0 saturated carbocycles. The van der Waals surface area contributed by atoms with Gasteiger partial charge in [-0.1, -0.05) is 22.9 Å². The van der Waals surface area contributed by atoms with Crippen molar-refractivity contribution in [3.8, 4) is 0 Å². The van der Waals surface area contributed by atoms with Gasteiger partial charge in [-0.15, -0.1) is 11.3 Å². The van der Waals surface area contributed by atoms with Crippen LogP contribution >= 0.6 is 27.3 Å². The lowest BCUT2D eigenvalue weighted by Crippen LogP contribution is -2.15. The van der Waals surface area contributed by atoms with Crippen LogP contribution in [0, 0.1) is 0 Å². The third-order valence-electron chi connectivity index (χ3n) is 2.79. The summed E-state index contributed by atoms with van der Waals surface area (Å²) in [6.07, 6.45) is 0.760. The van der Waals surface area contributed by atoms with E-state index in [9.17, 15) is 9.59 Å². The predicted octanol–water partition coefficient (Wildman–Crippen LogP) is 4.02. The van der Waals surface area contributed by atoms with Crippen molar-refractivity contribution >= 4 is 44.8 Å². The van der Waals surface area contributed by atoms with E-state index in [4.69, 9.17) is 5.11 Å². The van der Waals surface area contributed by atoms with Crippen molar-refractivity contribution in [3.63, 3.8) is 0 Å². The SMILES string of the molecule is CCc1ccsc1C(=O)Nc1cc(Br)ccc1C(=O)O. The maximum absolute atomic E-state index is 12.2. The van der Waals surface area contributed by atoms with Crippen molar-refractivity contribution in [3.05, 3.63) is 50.1 Å². The molecular formula is C14H12BrNO3S. The molecule has 1 aromatic carbocycles. The van der Waals surface area contributed by atoms with Gasteiger partial charge in [0.15, 0.2) is 0 Å². The summed E-state index contributed by atoms with van der Waals surface area (Å²) in [5.41, 5.74) is 1.31. The highest BCUT2D eigenvalue weighted by Crippen LogP contribution is 2.24. The molecule has 0 fully saturated rings. The van der Waals surface area contributed by atoms with Gasteiger partial charge in [-0.25, -0.2) is 4.79 Å². The molecule has 0 aliphatic carbocycles. The lowest BCUT2D eigenvalue weighted by molar-refractivity contribution is 0.0698. The first-order valence-corrected chi connectivity index (χ1v) is 7.60. The Bertz CT molecular complexity index is 666. The van der Waals surface area contributed by atoms with Gasteiger partial charge in [-0.3, -0.25) is 4.79 Å². The van der Waals surface area contributed by atoms with Crippen molar-refractivity contribution in [1.82, 2.24) is 0 Å². The minimum Gasteiger partial charge on any atom is -0.478 e. The molecule has 20 heavy (non-hydrogen) atoms. The van der Waals surface area contributed by atoms with Gasteiger partial charge in [0.1, 0.15) is 0 Å². The van der Waals surface area contributed by atoms with Crippen LogP contribution in [0.1, 0.15) is 32.5 Å². The second-order valence-electron chi connectivity index (χ2n) is 4.08. The average Bonchev–Trinajstić information content (AvgIpc) is 2.86. The molecule has 0 aliphatic rings. The number of anilines is 1. The molecule has 2 aromatic rings. The zero-order valence-corrected chi connectivity index (χ0v) is 13.0. The second kappa shape index (κ2) is 6.19. The van der Waals surface area contributed by atoms with Crippen LogP contribution in [0.15, 0.2) is 34.1 Å². The molecular weight excluding hydrogens is 342 g/mol. The number of carbonyl (C=O) groups excluding carboxylic acids is 1. The first-order valence-electron chi connectivity index (χ1n) is 5.93. The summed E-state index contributed by atoms with van der Waals surface area (Å²) in [5.74, 6) is -1.35. The fourth-order valence-electron chi connectivity index (χ4n) is 1.80. The third-order valence-corrected chi connectivity index (χ3v) is 4.24. The number of aryl methyl sites for hydroxylation is 1. The molecule has 104 valence electrons. The fourth-order valence-corrected chi connectivity index (χ4v) is 3.05. The van der Waals surface area contributed by atoms with E-state index in [1.807, 2.05) is 18.4 Å². The lowest BCUT2D eigenvalue weighted by Gasteiger charge is -2.09. The number of carboxylic acid groups (broad SMARTS) is 1. The highest BCUT2D eigenvalue weighted by Gasteiger charge is 2.16. The topological polar surface area (TPSA) is 66.4 Å². The molecule has 0 spiro atoms. The van der Waals surface area contributed by atoms with E-state index < -0.39 is 5.97 Å². The van der Waals surface area contributed by atoms with Crippen molar-refractivity contribution in [2.75, 3.05) is 5.32 Å². The number of carbonyl (C=O) groups is 2. The Balaban J connectivity index is 2.32. The molecule has 0 aliphatic heterocycles. The van der Waals surface area contributed by atoms with Gasteiger partial charge in [0.05, 0.1) is 16.1 Å². The maximum atomic E-state index is 12.2. The van der Waals surface area contributed by atoms with E-state index in [1.54, 1.807) is 12.1 Å². The molecule has 2 N–H and O–H groups in total. The van der Waals surface area contributed by atoms with Crippen molar-refractivity contribution < 1.29 is 14.7 Å². The average molecular weight is 354 g/mol. The van der Waals surface area contributed by atoms with Crippen LogP contribution in [0.3, 0.4) is 0 Å². The van der Waals surface area contributed by atoms with Gasteiger partial charge < -0.3 is 10.4 Å². The summed E-state index contributed by atoms with van der Waals surface area (Å²) >= 11 is 4.62. The fraction of sp³-hybridized carbons (Fsp3) is 0.143. The highest BCUT2D eigenvalue weighted by molar-refractivity contribution is 9.10. The molecule has 1 amide bonds. The number of nitrogens with one attached hydrogen (secondary N) is 1. The van der Waals surface area contributed by atoms with Crippen LogP contribution in [-0.2, 0) is 6.42 Å². The van der Waals surface area contributed by atoms with Crippen LogP contribution in [0.2, 0.25) is 0 Å². The smallest absolute Gasteiger partial charge is 0.337 e. The van der Waals surface area contributed by atoms with E-state index in [1.165, 1.54) is 17.4 Å². The molecule has 2 rings (SSSR count). The van der Waals surface area contributed by atoms with Gasteiger partial charge >= 0.3 is 5.97 Å². The number of aromatic carboxylic acids is 1. The number of benzene rings is 1. The monoisotopic (exact) mass is 353 g/mol. The van der Waals surface area contributed by atoms with Gasteiger partial charge in [-0.2, -0.15) is 0 Å².